The Kier molecular flexibility index (Phi) is 9.52. The molecule has 170 valence electrons. The minimum atomic E-state index is -1.79. The van der Waals surface area contributed by atoms with Crippen LogP contribution in [0.2, 0.25) is 0 Å². The molecule has 0 heterocycles. The van der Waals surface area contributed by atoms with Crippen LogP contribution in [0.3, 0.4) is 0 Å². The molecule has 0 bridgehead atoms. The molecule has 0 fully saturated rings. The van der Waals surface area contributed by atoms with Gasteiger partial charge in [0.2, 0.25) is 5.91 Å². The fraction of sp³-hybridized carbons (Fsp3) is 0.286. The molecule has 0 aliphatic heterocycles. The normalized spacial score (nSPS) is 12.3. The second-order valence-corrected chi connectivity index (χ2v) is 7.32. The lowest BCUT2D eigenvalue weighted by atomic mass is 9.76. The molecule has 0 spiro atoms. The van der Waals surface area contributed by atoms with Crippen molar-refractivity contribution >= 4 is 30.6 Å². The number of nitrogen functional groups attached to an aromatic ring is 1. The van der Waals surface area contributed by atoms with Gasteiger partial charge in [-0.2, -0.15) is 0 Å². The van der Waals surface area contributed by atoms with Crippen molar-refractivity contribution in [3.63, 3.8) is 0 Å². The Morgan fingerprint density at radius 1 is 1.00 bits per heavy atom. The van der Waals surface area contributed by atoms with Crippen LogP contribution in [0.25, 0.3) is 0 Å². The molecule has 10 nitrogen and oxygen atoms in total. The monoisotopic (exact) mass is 440 g/mol. The van der Waals surface area contributed by atoms with Crippen LogP contribution >= 0.6 is 0 Å². The highest BCUT2D eigenvalue weighted by atomic mass is 16.4. The molecule has 0 aromatic heterocycles. The number of benzene rings is 2. The maximum Gasteiger partial charge on any atom is 0.475 e. The third-order valence-electron chi connectivity index (χ3n) is 4.73. The van der Waals surface area contributed by atoms with Crippen LogP contribution in [0, 0.1) is 0 Å². The van der Waals surface area contributed by atoms with E-state index >= 15 is 0 Å². The van der Waals surface area contributed by atoms with Crippen molar-refractivity contribution in [2.24, 2.45) is 16.5 Å². The van der Waals surface area contributed by atoms with E-state index in [4.69, 9.17) is 17.2 Å². The Bertz CT molecular complexity index is 904. The molecule has 0 saturated carbocycles. The van der Waals surface area contributed by atoms with Gasteiger partial charge in [-0.25, -0.2) is 0 Å². The van der Waals surface area contributed by atoms with Crippen LogP contribution in [0.1, 0.15) is 28.8 Å². The molecule has 2 aromatic carbocycles. The summed E-state index contributed by atoms with van der Waals surface area (Å²) in [6.07, 6.45) is 0.827. The molecule has 0 aliphatic carbocycles. The molecule has 11 heteroatoms. The standard InChI is InChI=1S/C21H29BN6O4/c23-16-10-8-14(9-11-16)13-17(27-19(29)15-5-2-1-3-6-15)20(30)28-18(22(31)32)7-4-12-26-21(24)25/h1-3,5-6,8-11,17-18,31-32H,4,7,12-13,23H2,(H,27,29)(H,28,30)(H4,24,25,26). The van der Waals surface area contributed by atoms with Gasteiger partial charge in [0.1, 0.15) is 6.04 Å². The van der Waals surface area contributed by atoms with Crippen LogP contribution in [-0.4, -0.2) is 53.5 Å². The van der Waals surface area contributed by atoms with Gasteiger partial charge in [0, 0.05) is 24.2 Å². The molecule has 10 N–H and O–H groups in total. The zero-order valence-electron chi connectivity index (χ0n) is 17.6. The summed E-state index contributed by atoms with van der Waals surface area (Å²) in [7, 11) is -1.79. The second kappa shape index (κ2) is 12.3. The Morgan fingerprint density at radius 2 is 1.66 bits per heavy atom. The molecule has 0 radical (unpaired) electrons. The number of aliphatic imine (C=N–C) groups is 1. The number of nitrogens with one attached hydrogen (secondary N) is 2. The first-order valence-electron chi connectivity index (χ1n) is 10.2. The van der Waals surface area contributed by atoms with Gasteiger partial charge in [-0.05, 0) is 42.7 Å². The van der Waals surface area contributed by atoms with Gasteiger partial charge < -0.3 is 37.9 Å². The lowest BCUT2D eigenvalue weighted by Gasteiger charge is -2.23. The minimum Gasteiger partial charge on any atom is -0.426 e. The number of anilines is 1. The van der Waals surface area contributed by atoms with Crippen LogP contribution in [0.15, 0.2) is 59.6 Å². The van der Waals surface area contributed by atoms with E-state index in [-0.39, 0.29) is 25.3 Å². The van der Waals surface area contributed by atoms with E-state index in [1.165, 1.54) is 0 Å². The molecule has 2 aromatic rings. The average molecular weight is 440 g/mol. The number of carbonyl (C=O) groups is 2. The van der Waals surface area contributed by atoms with Crippen molar-refractivity contribution in [1.82, 2.24) is 10.6 Å². The summed E-state index contributed by atoms with van der Waals surface area (Å²) in [5.74, 6) is -2.00. The summed E-state index contributed by atoms with van der Waals surface area (Å²) < 4.78 is 0. The number of carbonyl (C=O) groups excluding carboxylic acids is 2. The second-order valence-electron chi connectivity index (χ2n) is 7.32. The van der Waals surface area contributed by atoms with Crippen LogP contribution < -0.4 is 27.8 Å². The molecular formula is C21H29BN6O4. The first-order valence-corrected chi connectivity index (χ1v) is 10.2. The summed E-state index contributed by atoms with van der Waals surface area (Å²) in [6.45, 7) is 0.279. The molecule has 2 unspecified atom stereocenters. The number of nitrogens with zero attached hydrogens (tertiary/aromatic N) is 1. The molecule has 0 saturated heterocycles. The minimum absolute atomic E-state index is 0.0673. The van der Waals surface area contributed by atoms with Crippen molar-refractivity contribution in [2.75, 3.05) is 12.3 Å². The zero-order chi connectivity index (χ0) is 23.5. The van der Waals surface area contributed by atoms with E-state index < -0.39 is 30.9 Å². The predicted molar refractivity (Wildman–Crippen MR) is 124 cm³/mol. The largest absolute Gasteiger partial charge is 0.475 e. The quantitative estimate of drug-likeness (QED) is 0.0779. The number of nitrogens with two attached hydrogens (primary N) is 3. The fourth-order valence-electron chi connectivity index (χ4n) is 3.03. The average Bonchev–Trinajstić information content (AvgIpc) is 2.76. The first-order chi connectivity index (χ1) is 15.3. The Hall–Kier alpha value is -3.57. The van der Waals surface area contributed by atoms with Gasteiger partial charge >= 0.3 is 7.12 Å². The predicted octanol–water partition coefficient (Wildman–Crippen LogP) is -0.840. The van der Waals surface area contributed by atoms with Gasteiger partial charge in [-0.3, -0.25) is 14.6 Å². The van der Waals surface area contributed by atoms with E-state index in [0.29, 0.717) is 17.7 Å². The molecule has 32 heavy (non-hydrogen) atoms. The summed E-state index contributed by atoms with van der Waals surface area (Å²) in [5, 5.41) is 24.7. The number of hydrogen-bond donors (Lipinski definition) is 7. The lowest BCUT2D eigenvalue weighted by Crippen LogP contribution is -2.54. The highest BCUT2D eigenvalue weighted by Gasteiger charge is 2.29. The summed E-state index contributed by atoms with van der Waals surface area (Å²) in [4.78, 5) is 29.5. The summed E-state index contributed by atoms with van der Waals surface area (Å²) in [6, 6.07) is 14.5. The highest BCUT2D eigenvalue weighted by Crippen LogP contribution is 2.10. The van der Waals surface area contributed by atoms with Crippen molar-refractivity contribution in [3.8, 4) is 0 Å². The Balaban J connectivity index is 2.12. The summed E-state index contributed by atoms with van der Waals surface area (Å²) in [5.41, 5.74) is 18.0. The van der Waals surface area contributed by atoms with Gasteiger partial charge in [-0.1, -0.05) is 30.3 Å². The fourth-order valence-corrected chi connectivity index (χ4v) is 3.03. The number of rotatable bonds is 11. The molecule has 2 atom stereocenters. The van der Waals surface area contributed by atoms with Crippen LogP contribution in [0.4, 0.5) is 5.69 Å². The number of guanidine groups is 1. The van der Waals surface area contributed by atoms with Crippen LogP contribution in [0.5, 0.6) is 0 Å². The van der Waals surface area contributed by atoms with Crippen molar-refractivity contribution in [3.05, 3.63) is 65.7 Å². The molecular weight excluding hydrogens is 411 g/mol. The van der Waals surface area contributed by atoms with E-state index in [1.54, 1.807) is 54.6 Å². The van der Waals surface area contributed by atoms with Crippen molar-refractivity contribution in [2.45, 2.75) is 31.2 Å². The van der Waals surface area contributed by atoms with E-state index in [2.05, 4.69) is 15.6 Å². The van der Waals surface area contributed by atoms with Crippen LogP contribution in [-0.2, 0) is 11.2 Å². The van der Waals surface area contributed by atoms with Crippen molar-refractivity contribution < 1.29 is 19.6 Å². The SMILES string of the molecule is NC(N)=NCCCC(NC(=O)C(Cc1ccc(N)cc1)NC(=O)c1ccccc1)B(O)O. The molecule has 2 amide bonds. The molecule has 0 aliphatic rings. The smallest absolute Gasteiger partial charge is 0.426 e. The Labute approximate surface area is 187 Å². The van der Waals surface area contributed by atoms with Gasteiger partial charge in [0.05, 0.1) is 5.94 Å². The number of amides is 2. The van der Waals surface area contributed by atoms with Gasteiger partial charge in [0.25, 0.3) is 5.91 Å². The third-order valence-corrected chi connectivity index (χ3v) is 4.73. The van der Waals surface area contributed by atoms with Gasteiger partial charge in [0.15, 0.2) is 5.96 Å². The molecule has 2 rings (SSSR count). The maximum absolute atomic E-state index is 13.0. The summed E-state index contributed by atoms with van der Waals surface area (Å²) >= 11 is 0. The topological polar surface area (TPSA) is 189 Å². The highest BCUT2D eigenvalue weighted by molar-refractivity contribution is 6.43. The maximum atomic E-state index is 13.0. The third kappa shape index (κ3) is 8.28. The zero-order valence-corrected chi connectivity index (χ0v) is 17.6. The van der Waals surface area contributed by atoms with Gasteiger partial charge in [-0.15, -0.1) is 0 Å². The van der Waals surface area contributed by atoms with E-state index in [9.17, 15) is 19.6 Å². The Morgan fingerprint density at radius 3 is 2.25 bits per heavy atom. The number of hydrogen-bond acceptors (Lipinski definition) is 6. The van der Waals surface area contributed by atoms with Crippen molar-refractivity contribution in [1.29, 1.82) is 0 Å². The van der Waals surface area contributed by atoms with E-state index in [1.807, 2.05) is 0 Å². The first kappa shape index (κ1) is 24.7. The van der Waals surface area contributed by atoms with E-state index in [0.717, 1.165) is 5.56 Å². The lowest BCUT2D eigenvalue weighted by molar-refractivity contribution is -0.123.